The van der Waals surface area contributed by atoms with Gasteiger partial charge in [0.1, 0.15) is 5.82 Å². The minimum atomic E-state index is -0.0329. The second-order valence-electron chi connectivity index (χ2n) is 7.79. The van der Waals surface area contributed by atoms with Gasteiger partial charge in [0, 0.05) is 42.2 Å². The van der Waals surface area contributed by atoms with E-state index in [1.807, 2.05) is 55.6 Å². The molecule has 0 saturated carbocycles. The van der Waals surface area contributed by atoms with E-state index in [0.29, 0.717) is 36.7 Å². The third-order valence-electron chi connectivity index (χ3n) is 5.54. The fourth-order valence-corrected chi connectivity index (χ4v) is 3.94. The second kappa shape index (κ2) is 7.92. The number of hydrogen-bond donors (Lipinski definition) is 0. The molecule has 1 saturated heterocycles. The Balaban J connectivity index is 1.57. The number of aromatic nitrogens is 4. The van der Waals surface area contributed by atoms with Gasteiger partial charge in [-0.1, -0.05) is 36.4 Å². The first-order valence-electron chi connectivity index (χ1n) is 10.4. The van der Waals surface area contributed by atoms with Gasteiger partial charge in [-0.25, -0.2) is 9.50 Å². The summed E-state index contributed by atoms with van der Waals surface area (Å²) < 4.78 is 7.33. The van der Waals surface area contributed by atoms with E-state index in [-0.39, 0.29) is 11.9 Å². The zero-order valence-electron chi connectivity index (χ0n) is 17.5. The van der Waals surface area contributed by atoms with Crippen molar-refractivity contribution in [2.24, 2.45) is 0 Å². The third kappa shape index (κ3) is 3.68. The topological polar surface area (TPSA) is 72.6 Å². The lowest BCUT2D eigenvalue weighted by Crippen LogP contribution is -2.42. The van der Waals surface area contributed by atoms with Crippen LogP contribution >= 0.6 is 0 Å². The Morgan fingerprint density at radius 3 is 2.65 bits per heavy atom. The van der Waals surface area contributed by atoms with Gasteiger partial charge in [0.25, 0.3) is 0 Å². The number of carbonyl (C=O) groups is 1. The van der Waals surface area contributed by atoms with E-state index in [1.54, 1.807) is 23.8 Å². The van der Waals surface area contributed by atoms with E-state index in [2.05, 4.69) is 15.0 Å². The quantitative estimate of drug-likeness (QED) is 0.473. The van der Waals surface area contributed by atoms with Crippen LogP contribution in [0, 0.1) is 0 Å². The molecule has 0 spiro atoms. The maximum absolute atomic E-state index is 12.3. The highest BCUT2D eigenvalue weighted by Crippen LogP contribution is 2.29. The number of ether oxygens (including phenoxy) is 1. The number of carbonyl (C=O) groups excluding carboxylic acids is 1. The van der Waals surface area contributed by atoms with Crippen molar-refractivity contribution in [2.45, 2.75) is 20.0 Å². The van der Waals surface area contributed by atoms with Crippen LogP contribution in [0.2, 0.25) is 0 Å². The molecule has 7 heteroatoms. The molecule has 0 N–H and O–H groups in total. The van der Waals surface area contributed by atoms with Crippen LogP contribution in [0.3, 0.4) is 0 Å². The van der Waals surface area contributed by atoms with Gasteiger partial charge in [0.2, 0.25) is 0 Å². The Morgan fingerprint density at radius 1 is 1.10 bits per heavy atom. The highest BCUT2D eigenvalue weighted by molar-refractivity contribution is 5.99. The van der Waals surface area contributed by atoms with Gasteiger partial charge < -0.3 is 9.64 Å². The predicted molar refractivity (Wildman–Crippen MR) is 119 cm³/mol. The number of morpholine rings is 1. The summed E-state index contributed by atoms with van der Waals surface area (Å²) in [4.78, 5) is 24.0. The molecule has 4 aromatic rings. The molecule has 1 atom stereocenters. The Morgan fingerprint density at radius 2 is 1.94 bits per heavy atom. The minimum Gasteiger partial charge on any atom is -0.375 e. The Labute approximate surface area is 180 Å². The first kappa shape index (κ1) is 19.4. The monoisotopic (exact) mass is 413 g/mol. The van der Waals surface area contributed by atoms with E-state index in [0.717, 1.165) is 22.4 Å². The lowest BCUT2D eigenvalue weighted by Gasteiger charge is -2.33. The summed E-state index contributed by atoms with van der Waals surface area (Å²) in [5, 5.41) is 4.45. The molecule has 0 unspecified atom stereocenters. The number of anilines is 1. The fraction of sp³-hybridized carbons (Fsp3) is 0.250. The number of hydrogen-bond acceptors (Lipinski definition) is 6. The molecule has 4 heterocycles. The van der Waals surface area contributed by atoms with Crippen molar-refractivity contribution < 1.29 is 9.53 Å². The summed E-state index contributed by atoms with van der Waals surface area (Å²) in [7, 11) is 0. The lowest BCUT2D eigenvalue weighted by atomic mass is 10.1. The van der Waals surface area contributed by atoms with E-state index in [9.17, 15) is 4.79 Å². The van der Waals surface area contributed by atoms with Crippen molar-refractivity contribution in [1.29, 1.82) is 0 Å². The van der Waals surface area contributed by atoms with Crippen LogP contribution < -0.4 is 4.90 Å². The average molecular weight is 413 g/mol. The van der Waals surface area contributed by atoms with Crippen molar-refractivity contribution in [2.75, 3.05) is 24.6 Å². The summed E-state index contributed by atoms with van der Waals surface area (Å²) >= 11 is 0. The van der Waals surface area contributed by atoms with E-state index >= 15 is 0 Å². The normalized spacial score (nSPS) is 16.6. The van der Waals surface area contributed by atoms with Crippen LogP contribution in [0.25, 0.3) is 28.0 Å². The smallest absolute Gasteiger partial charge is 0.165 e. The minimum absolute atomic E-state index is 0.0329. The number of rotatable bonds is 4. The Kier molecular flexibility index (Phi) is 4.95. The molecule has 7 nitrogen and oxygen atoms in total. The second-order valence-corrected chi connectivity index (χ2v) is 7.79. The zero-order valence-corrected chi connectivity index (χ0v) is 17.5. The van der Waals surface area contributed by atoms with Crippen LogP contribution in [0.15, 0.2) is 61.1 Å². The average Bonchev–Trinajstić information content (AvgIpc) is 3.22. The summed E-state index contributed by atoms with van der Waals surface area (Å²) in [6.45, 7) is 5.60. The molecule has 1 fully saturated rings. The first-order valence-corrected chi connectivity index (χ1v) is 10.4. The van der Waals surface area contributed by atoms with Gasteiger partial charge in [0.15, 0.2) is 11.4 Å². The van der Waals surface area contributed by atoms with Gasteiger partial charge >= 0.3 is 0 Å². The van der Waals surface area contributed by atoms with Gasteiger partial charge in [-0.3, -0.25) is 9.78 Å². The molecule has 3 aromatic heterocycles. The first-order chi connectivity index (χ1) is 15.1. The zero-order chi connectivity index (χ0) is 21.4. The number of Topliss-reactive ketones (excluding diaryl/α,β-unsaturated/α-hetero) is 1. The van der Waals surface area contributed by atoms with Crippen LogP contribution in [0.4, 0.5) is 5.82 Å². The molecule has 0 radical (unpaired) electrons. The number of benzene rings is 1. The molecule has 1 aromatic carbocycles. The van der Waals surface area contributed by atoms with E-state index < -0.39 is 0 Å². The highest BCUT2D eigenvalue weighted by Gasteiger charge is 2.24. The molecular weight excluding hydrogens is 390 g/mol. The van der Waals surface area contributed by atoms with Crippen LogP contribution in [0.5, 0.6) is 0 Å². The van der Waals surface area contributed by atoms with Crippen molar-refractivity contribution in [3.63, 3.8) is 0 Å². The number of pyridine rings is 1. The molecule has 31 heavy (non-hydrogen) atoms. The number of nitrogens with zero attached hydrogens (tertiary/aromatic N) is 5. The summed E-state index contributed by atoms with van der Waals surface area (Å²) in [6, 6.07) is 14.1. The van der Waals surface area contributed by atoms with Gasteiger partial charge in [-0.05, 0) is 19.9 Å². The summed E-state index contributed by atoms with van der Waals surface area (Å²) in [5.74, 6) is 0.653. The molecule has 5 rings (SSSR count). The van der Waals surface area contributed by atoms with Crippen molar-refractivity contribution >= 4 is 17.2 Å². The Bertz CT molecular complexity index is 1230. The maximum Gasteiger partial charge on any atom is 0.165 e. The summed E-state index contributed by atoms with van der Waals surface area (Å²) in [6.07, 6.45) is 5.48. The largest absolute Gasteiger partial charge is 0.375 e. The van der Waals surface area contributed by atoms with Crippen molar-refractivity contribution in [1.82, 2.24) is 19.6 Å². The van der Waals surface area contributed by atoms with E-state index in [4.69, 9.17) is 9.72 Å². The highest BCUT2D eigenvalue weighted by atomic mass is 16.5. The number of ketones is 1. The maximum atomic E-state index is 12.3. The summed E-state index contributed by atoms with van der Waals surface area (Å²) in [5.41, 5.74) is 5.06. The lowest BCUT2D eigenvalue weighted by molar-refractivity contribution is 0.0528. The van der Waals surface area contributed by atoms with Crippen LogP contribution in [-0.2, 0) is 4.74 Å². The molecule has 156 valence electrons. The van der Waals surface area contributed by atoms with Crippen molar-refractivity contribution in [3.8, 4) is 22.4 Å². The van der Waals surface area contributed by atoms with Gasteiger partial charge in [0.05, 0.1) is 30.2 Å². The standard InChI is InChI=1S/C24H23N5O2/c1-16-14-28(10-11-31-16)23-21(17(2)30)15-29-24(27-23)20(13-26-29)19-8-9-22(25-12-19)18-6-4-3-5-7-18/h3-9,12-13,15-16H,10-11,14H2,1-2H3/t16-/m0/s1. The van der Waals surface area contributed by atoms with Gasteiger partial charge in [-0.2, -0.15) is 5.10 Å². The van der Waals surface area contributed by atoms with Crippen LogP contribution in [0.1, 0.15) is 24.2 Å². The SMILES string of the molecule is CC(=O)c1cn2ncc(-c3ccc(-c4ccccc4)nc3)c2nc1N1CCO[C@@H](C)C1. The molecule has 0 amide bonds. The third-order valence-corrected chi connectivity index (χ3v) is 5.54. The molecule has 1 aliphatic heterocycles. The van der Waals surface area contributed by atoms with Crippen molar-refractivity contribution in [3.05, 3.63) is 66.6 Å². The predicted octanol–water partition coefficient (Wildman–Crippen LogP) is 3.89. The molecular formula is C24H23N5O2. The molecule has 0 bridgehead atoms. The van der Waals surface area contributed by atoms with Crippen LogP contribution in [-0.4, -0.2) is 51.2 Å². The Hall–Kier alpha value is -3.58. The molecule has 1 aliphatic rings. The van der Waals surface area contributed by atoms with E-state index in [1.165, 1.54) is 0 Å². The molecule has 0 aliphatic carbocycles. The fourth-order valence-electron chi connectivity index (χ4n) is 3.94. The number of fused-ring (bicyclic) bond motifs is 1. The van der Waals surface area contributed by atoms with Gasteiger partial charge in [-0.15, -0.1) is 0 Å².